The summed E-state index contributed by atoms with van der Waals surface area (Å²) in [5.41, 5.74) is 8.73. The van der Waals surface area contributed by atoms with Gasteiger partial charge in [-0.1, -0.05) is 53.7 Å². The molecule has 30 heavy (non-hydrogen) atoms. The molecular weight excluding hydrogens is 384 g/mol. The number of carboxylic acid groups (broad SMARTS) is 1. The van der Waals surface area contributed by atoms with E-state index < -0.39 is 12.0 Å². The molecule has 0 aliphatic rings. The van der Waals surface area contributed by atoms with Gasteiger partial charge in [-0.15, -0.1) is 0 Å². The second-order valence-corrected chi connectivity index (χ2v) is 6.74. The Morgan fingerprint density at radius 3 is 2.53 bits per heavy atom. The topological polar surface area (TPSA) is 116 Å². The van der Waals surface area contributed by atoms with Crippen LogP contribution in [0.5, 0.6) is 5.75 Å². The fourth-order valence-electron chi connectivity index (χ4n) is 2.78. The van der Waals surface area contributed by atoms with Gasteiger partial charge >= 0.3 is 5.97 Å². The van der Waals surface area contributed by atoms with Crippen molar-refractivity contribution in [2.75, 3.05) is 0 Å². The molecule has 0 fully saturated rings. The standard InChI is InChI=1S/C23H22N2O5/c1-15-20(22(25-30-15)17-5-3-2-4-6-17)14-29-19-11-8-16(9-12-19)7-10-18(26)13-21(24)23(27)28/h2-12,21H,13-14,24H2,1H3,(H,27,28)/t21-/m1/s1. The van der Waals surface area contributed by atoms with Crippen LogP contribution < -0.4 is 10.5 Å². The number of carbonyl (C=O) groups is 2. The van der Waals surface area contributed by atoms with Crippen molar-refractivity contribution in [3.63, 3.8) is 0 Å². The number of nitrogens with two attached hydrogens (primary N) is 1. The SMILES string of the molecule is Cc1onc(-c2ccccc2)c1COc1ccc(C=CC(=O)C[C@@H](N)C(=O)O)cc1. The number of aryl methyl sites for hydroxylation is 1. The number of nitrogens with zero attached hydrogens (tertiary/aromatic N) is 1. The number of hydrogen-bond acceptors (Lipinski definition) is 6. The molecule has 0 spiro atoms. The van der Waals surface area contributed by atoms with Crippen LogP contribution in [0.15, 0.2) is 65.2 Å². The average molecular weight is 406 g/mol. The Hall–Kier alpha value is -3.71. The molecule has 0 amide bonds. The van der Waals surface area contributed by atoms with Gasteiger partial charge in [0.05, 0.1) is 5.56 Å². The quantitative estimate of drug-likeness (QED) is 0.522. The van der Waals surface area contributed by atoms with Gasteiger partial charge in [0.1, 0.15) is 29.9 Å². The van der Waals surface area contributed by atoms with E-state index in [1.165, 1.54) is 6.08 Å². The van der Waals surface area contributed by atoms with Crippen LogP contribution in [0.25, 0.3) is 17.3 Å². The summed E-state index contributed by atoms with van der Waals surface area (Å²) in [5.74, 6) is -0.184. The van der Waals surface area contributed by atoms with Crippen molar-refractivity contribution in [2.45, 2.75) is 26.0 Å². The number of aromatic nitrogens is 1. The predicted molar refractivity (Wildman–Crippen MR) is 112 cm³/mol. The van der Waals surface area contributed by atoms with Crippen molar-refractivity contribution in [1.29, 1.82) is 0 Å². The first kappa shape index (κ1) is 21.0. The van der Waals surface area contributed by atoms with Crippen molar-refractivity contribution < 1.29 is 24.0 Å². The molecule has 0 saturated carbocycles. The van der Waals surface area contributed by atoms with Crippen LogP contribution in [-0.4, -0.2) is 28.1 Å². The Morgan fingerprint density at radius 2 is 1.87 bits per heavy atom. The minimum absolute atomic E-state index is 0.241. The van der Waals surface area contributed by atoms with Crippen LogP contribution >= 0.6 is 0 Å². The fraction of sp³-hybridized carbons (Fsp3) is 0.174. The van der Waals surface area contributed by atoms with E-state index >= 15 is 0 Å². The van der Waals surface area contributed by atoms with Gasteiger partial charge in [0.25, 0.3) is 0 Å². The summed E-state index contributed by atoms with van der Waals surface area (Å²) in [6.45, 7) is 2.15. The molecule has 3 aromatic rings. The van der Waals surface area contributed by atoms with Crippen molar-refractivity contribution in [2.24, 2.45) is 5.73 Å². The third kappa shape index (κ3) is 5.42. The molecule has 1 aromatic heterocycles. The van der Waals surface area contributed by atoms with Crippen LogP contribution in [0.3, 0.4) is 0 Å². The number of benzene rings is 2. The van der Waals surface area contributed by atoms with E-state index in [1.54, 1.807) is 30.3 Å². The van der Waals surface area contributed by atoms with E-state index in [4.69, 9.17) is 20.1 Å². The molecule has 2 aromatic carbocycles. The third-order valence-electron chi connectivity index (χ3n) is 4.50. The van der Waals surface area contributed by atoms with Gasteiger partial charge in [-0.2, -0.15) is 0 Å². The van der Waals surface area contributed by atoms with E-state index in [2.05, 4.69) is 5.16 Å². The molecule has 7 heteroatoms. The average Bonchev–Trinajstić information content (AvgIpc) is 3.12. The Kier molecular flexibility index (Phi) is 6.77. The molecular formula is C23H22N2O5. The zero-order chi connectivity index (χ0) is 21.5. The Balaban J connectivity index is 1.61. The van der Waals surface area contributed by atoms with Gasteiger partial charge in [0.15, 0.2) is 5.78 Å². The molecule has 0 aliphatic carbocycles. The highest BCUT2D eigenvalue weighted by atomic mass is 16.5. The van der Waals surface area contributed by atoms with E-state index in [-0.39, 0.29) is 12.2 Å². The molecule has 1 atom stereocenters. The summed E-state index contributed by atoms with van der Waals surface area (Å²) >= 11 is 0. The summed E-state index contributed by atoms with van der Waals surface area (Å²) in [7, 11) is 0. The number of carboxylic acids is 1. The van der Waals surface area contributed by atoms with Crippen molar-refractivity contribution in [3.05, 3.63) is 77.6 Å². The summed E-state index contributed by atoms with van der Waals surface area (Å²) in [6, 6.07) is 15.7. The third-order valence-corrected chi connectivity index (χ3v) is 4.50. The minimum atomic E-state index is -1.20. The lowest BCUT2D eigenvalue weighted by atomic mass is 10.1. The molecule has 0 bridgehead atoms. The first-order valence-corrected chi connectivity index (χ1v) is 9.37. The maximum atomic E-state index is 11.7. The number of aliphatic carboxylic acids is 1. The van der Waals surface area contributed by atoms with Crippen molar-refractivity contribution in [1.82, 2.24) is 5.16 Å². The Morgan fingerprint density at radius 1 is 1.17 bits per heavy atom. The highest BCUT2D eigenvalue weighted by molar-refractivity contribution is 5.96. The molecule has 0 saturated heterocycles. The van der Waals surface area contributed by atoms with Gasteiger partial charge < -0.3 is 20.1 Å². The first-order valence-electron chi connectivity index (χ1n) is 9.37. The number of ether oxygens (including phenoxy) is 1. The lowest BCUT2D eigenvalue weighted by Gasteiger charge is -2.07. The lowest BCUT2D eigenvalue weighted by Crippen LogP contribution is -2.32. The zero-order valence-corrected chi connectivity index (χ0v) is 16.4. The molecule has 154 valence electrons. The number of ketones is 1. The largest absolute Gasteiger partial charge is 0.489 e. The fourth-order valence-corrected chi connectivity index (χ4v) is 2.78. The van der Waals surface area contributed by atoms with Crippen LogP contribution in [0.1, 0.15) is 23.3 Å². The normalized spacial score (nSPS) is 12.1. The van der Waals surface area contributed by atoms with Gasteiger partial charge in [-0.25, -0.2) is 0 Å². The summed E-state index contributed by atoms with van der Waals surface area (Å²) in [5, 5.41) is 12.9. The Labute approximate surface area is 173 Å². The smallest absolute Gasteiger partial charge is 0.320 e. The lowest BCUT2D eigenvalue weighted by molar-refractivity contribution is -0.139. The molecule has 0 unspecified atom stereocenters. The minimum Gasteiger partial charge on any atom is -0.489 e. The van der Waals surface area contributed by atoms with Crippen molar-refractivity contribution >= 4 is 17.8 Å². The van der Waals surface area contributed by atoms with E-state index in [9.17, 15) is 9.59 Å². The monoisotopic (exact) mass is 406 g/mol. The van der Waals surface area contributed by atoms with Gasteiger partial charge in [0.2, 0.25) is 0 Å². The Bertz CT molecular complexity index is 1040. The molecule has 1 heterocycles. The molecule has 0 radical (unpaired) electrons. The van der Waals surface area contributed by atoms with Gasteiger partial charge in [-0.3, -0.25) is 9.59 Å². The van der Waals surface area contributed by atoms with Crippen LogP contribution in [0, 0.1) is 6.92 Å². The molecule has 7 nitrogen and oxygen atoms in total. The number of hydrogen-bond donors (Lipinski definition) is 2. The summed E-state index contributed by atoms with van der Waals surface area (Å²) in [6.07, 6.45) is 2.69. The number of carbonyl (C=O) groups excluding carboxylic acids is 1. The molecule has 3 N–H and O–H groups in total. The zero-order valence-electron chi connectivity index (χ0n) is 16.4. The van der Waals surface area contributed by atoms with E-state index in [0.717, 1.165) is 22.4 Å². The van der Waals surface area contributed by atoms with Crippen LogP contribution in [0.4, 0.5) is 0 Å². The van der Waals surface area contributed by atoms with Crippen LogP contribution in [-0.2, 0) is 16.2 Å². The summed E-state index contributed by atoms with van der Waals surface area (Å²) in [4.78, 5) is 22.4. The number of allylic oxidation sites excluding steroid dienone is 1. The molecule has 3 rings (SSSR count). The second-order valence-electron chi connectivity index (χ2n) is 6.74. The molecule has 0 aliphatic heterocycles. The van der Waals surface area contributed by atoms with Crippen molar-refractivity contribution in [3.8, 4) is 17.0 Å². The van der Waals surface area contributed by atoms with Crippen LogP contribution in [0.2, 0.25) is 0 Å². The highest BCUT2D eigenvalue weighted by Gasteiger charge is 2.15. The maximum absolute atomic E-state index is 11.7. The van der Waals surface area contributed by atoms with E-state index in [0.29, 0.717) is 18.1 Å². The second kappa shape index (κ2) is 9.67. The maximum Gasteiger partial charge on any atom is 0.320 e. The highest BCUT2D eigenvalue weighted by Crippen LogP contribution is 2.26. The number of rotatable bonds is 9. The first-order chi connectivity index (χ1) is 14.4. The summed E-state index contributed by atoms with van der Waals surface area (Å²) < 4.78 is 11.2. The van der Waals surface area contributed by atoms with E-state index in [1.807, 2.05) is 37.3 Å². The van der Waals surface area contributed by atoms with Gasteiger partial charge in [-0.05, 0) is 30.7 Å². The van der Waals surface area contributed by atoms with Gasteiger partial charge in [0, 0.05) is 12.0 Å². The predicted octanol–water partition coefficient (Wildman–Crippen LogP) is 3.61.